The third-order valence-corrected chi connectivity index (χ3v) is 7.79. The predicted octanol–water partition coefficient (Wildman–Crippen LogP) is 2.12. The van der Waals surface area contributed by atoms with Crippen molar-refractivity contribution in [3.05, 3.63) is 53.1 Å². The number of rotatable bonds is 10. The number of amides is 1. The quantitative estimate of drug-likeness (QED) is 0.274. The van der Waals surface area contributed by atoms with Crippen molar-refractivity contribution in [3.8, 4) is 5.75 Å². The Balaban J connectivity index is 1.69. The van der Waals surface area contributed by atoms with E-state index in [1.165, 1.54) is 0 Å². The second-order valence-corrected chi connectivity index (χ2v) is 10.5. The number of phenols is 1. The van der Waals surface area contributed by atoms with E-state index in [2.05, 4.69) is 5.32 Å². The number of carbonyl (C=O) groups excluding carboxylic acids is 4. The number of hydrogen-bond acceptors (Lipinski definition) is 8. The SMILES string of the molecule is CN(C)c1cc(NCCc2ccccc2)c(O)c2c1CC1CC(CCO)C(C(=O)CC(N)=O)C(=O)C1C2=O. The van der Waals surface area contributed by atoms with Crippen molar-refractivity contribution in [1.82, 2.24) is 0 Å². The van der Waals surface area contributed by atoms with Crippen molar-refractivity contribution in [2.24, 2.45) is 29.4 Å². The van der Waals surface area contributed by atoms with Gasteiger partial charge >= 0.3 is 0 Å². The van der Waals surface area contributed by atoms with Gasteiger partial charge in [-0.05, 0) is 54.7 Å². The lowest BCUT2D eigenvalue weighted by atomic mass is 9.59. The minimum atomic E-state index is -1.18. The van der Waals surface area contributed by atoms with Gasteiger partial charge in [0.05, 0.1) is 29.5 Å². The van der Waals surface area contributed by atoms with Crippen LogP contribution in [0.5, 0.6) is 5.75 Å². The number of hydrogen-bond donors (Lipinski definition) is 4. The molecule has 2 aliphatic carbocycles. The molecule has 4 atom stereocenters. The van der Waals surface area contributed by atoms with Crippen LogP contribution in [0.2, 0.25) is 0 Å². The number of primary amides is 1. The van der Waals surface area contributed by atoms with Gasteiger partial charge in [-0.25, -0.2) is 0 Å². The molecule has 2 aromatic rings. The highest BCUT2D eigenvalue weighted by atomic mass is 16.3. The minimum absolute atomic E-state index is 0.106. The molecule has 0 radical (unpaired) electrons. The summed E-state index contributed by atoms with van der Waals surface area (Å²) in [4.78, 5) is 53.7. The van der Waals surface area contributed by atoms with Gasteiger partial charge in [0.15, 0.2) is 17.3 Å². The maximum atomic E-state index is 13.9. The van der Waals surface area contributed by atoms with Crippen LogP contribution >= 0.6 is 0 Å². The van der Waals surface area contributed by atoms with Crippen molar-refractivity contribution >= 4 is 34.6 Å². The summed E-state index contributed by atoms with van der Waals surface area (Å²) in [6, 6.07) is 11.7. The Morgan fingerprint density at radius 3 is 2.50 bits per heavy atom. The molecule has 2 aliphatic rings. The second-order valence-electron chi connectivity index (χ2n) is 10.5. The van der Waals surface area contributed by atoms with Gasteiger partial charge in [-0.15, -0.1) is 0 Å². The molecule has 4 unspecified atom stereocenters. The summed E-state index contributed by atoms with van der Waals surface area (Å²) in [7, 11) is 3.71. The molecule has 38 heavy (non-hydrogen) atoms. The van der Waals surface area contributed by atoms with Crippen molar-refractivity contribution in [2.75, 3.05) is 37.5 Å². The summed E-state index contributed by atoms with van der Waals surface area (Å²) in [6.45, 7) is 0.302. The number of phenolic OH excluding ortho intramolecular Hbond substituents is 1. The van der Waals surface area contributed by atoms with Crippen molar-refractivity contribution in [3.63, 3.8) is 0 Å². The van der Waals surface area contributed by atoms with Crippen molar-refractivity contribution in [1.29, 1.82) is 0 Å². The molecular weight excluding hydrogens is 486 g/mol. The summed E-state index contributed by atoms with van der Waals surface area (Å²) in [5, 5.41) is 24.1. The van der Waals surface area contributed by atoms with Crippen LogP contribution in [0, 0.1) is 23.7 Å². The number of carbonyl (C=O) groups is 4. The highest BCUT2D eigenvalue weighted by Gasteiger charge is 2.52. The van der Waals surface area contributed by atoms with Crippen LogP contribution in [-0.4, -0.2) is 60.7 Å². The van der Waals surface area contributed by atoms with E-state index < -0.39 is 47.4 Å². The Hall–Kier alpha value is -3.72. The number of nitrogens with two attached hydrogens (primary N) is 1. The van der Waals surface area contributed by atoms with Crippen LogP contribution in [0.4, 0.5) is 11.4 Å². The first-order valence-corrected chi connectivity index (χ1v) is 13.0. The van der Waals surface area contributed by atoms with E-state index in [0.717, 1.165) is 11.3 Å². The molecule has 1 amide bonds. The molecule has 2 aromatic carbocycles. The van der Waals surface area contributed by atoms with Crippen LogP contribution in [0.15, 0.2) is 36.4 Å². The van der Waals surface area contributed by atoms with Crippen molar-refractivity contribution in [2.45, 2.75) is 32.1 Å². The third kappa shape index (κ3) is 5.29. The maximum absolute atomic E-state index is 13.9. The Labute approximate surface area is 222 Å². The molecule has 9 nitrogen and oxygen atoms in total. The number of aromatic hydroxyl groups is 1. The first-order chi connectivity index (χ1) is 18.1. The molecule has 4 rings (SSSR count). The monoisotopic (exact) mass is 521 g/mol. The first kappa shape index (κ1) is 27.3. The highest BCUT2D eigenvalue weighted by molar-refractivity contribution is 6.21. The summed E-state index contributed by atoms with van der Waals surface area (Å²) < 4.78 is 0. The van der Waals surface area contributed by atoms with E-state index in [1.807, 2.05) is 55.4 Å². The number of aliphatic hydroxyl groups excluding tert-OH is 1. The average Bonchev–Trinajstić information content (AvgIpc) is 2.85. The number of anilines is 2. The van der Waals surface area contributed by atoms with Gasteiger partial charge in [0.2, 0.25) is 5.91 Å². The summed E-state index contributed by atoms with van der Waals surface area (Å²) >= 11 is 0. The number of fused-ring (bicyclic) bond motifs is 2. The molecule has 0 saturated heterocycles. The largest absolute Gasteiger partial charge is 0.505 e. The van der Waals surface area contributed by atoms with Gasteiger partial charge in [-0.2, -0.15) is 0 Å². The molecule has 0 bridgehead atoms. The number of Topliss-reactive ketones (excluding diaryl/α,β-unsaturated/α-hetero) is 3. The van der Waals surface area contributed by atoms with Gasteiger partial charge in [-0.3, -0.25) is 19.2 Å². The topological polar surface area (TPSA) is 150 Å². The van der Waals surface area contributed by atoms with E-state index in [4.69, 9.17) is 5.73 Å². The molecule has 1 fully saturated rings. The molecule has 0 spiro atoms. The van der Waals surface area contributed by atoms with Crippen LogP contribution in [-0.2, 0) is 27.2 Å². The Kier molecular flexibility index (Phi) is 8.16. The number of benzene rings is 2. The number of nitrogens with zero attached hydrogens (tertiary/aromatic N) is 1. The van der Waals surface area contributed by atoms with Gasteiger partial charge < -0.3 is 26.2 Å². The molecule has 0 aliphatic heterocycles. The summed E-state index contributed by atoms with van der Waals surface area (Å²) in [5.74, 6) is -5.84. The van der Waals surface area contributed by atoms with Crippen LogP contribution in [0.25, 0.3) is 0 Å². The average molecular weight is 522 g/mol. The molecule has 1 saturated carbocycles. The lowest BCUT2D eigenvalue weighted by Crippen LogP contribution is -2.50. The zero-order valence-corrected chi connectivity index (χ0v) is 21.8. The fourth-order valence-electron chi connectivity index (χ4n) is 6.12. The maximum Gasteiger partial charge on any atom is 0.224 e. The standard InChI is InChI=1S/C29H35N3O6/c1-32(2)21-14-20(31-10-8-16-6-4-3-5-7-16)27(36)26-19(21)13-18-12-17(9-11-33)24(22(34)15-23(30)35)28(37)25(18)29(26)38/h3-7,14,17-18,24-25,31,33,36H,8-13,15H2,1-2H3,(H2,30,35). The van der Waals surface area contributed by atoms with Crippen LogP contribution in [0.1, 0.15) is 40.7 Å². The minimum Gasteiger partial charge on any atom is -0.505 e. The van der Waals surface area contributed by atoms with Gasteiger partial charge in [0.1, 0.15) is 5.75 Å². The normalized spacial score (nSPS) is 22.4. The van der Waals surface area contributed by atoms with Crippen LogP contribution < -0.4 is 16.0 Å². The summed E-state index contributed by atoms with van der Waals surface area (Å²) in [5.41, 5.74) is 8.29. The van der Waals surface area contributed by atoms with E-state index in [9.17, 15) is 29.4 Å². The third-order valence-electron chi connectivity index (χ3n) is 7.79. The van der Waals surface area contributed by atoms with E-state index in [-0.39, 0.29) is 30.3 Å². The Morgan fingerprint density at radius 1 is 1.16 bits per heavy atom. The van der Waals surface area contributed by atoms with Gasteiger partial charge in [0, 0.05) is 32.9 Å². The zero-order valence-electron chi connectivity index (χ0n) is 21.8. The fourth-order valence-corrected chi connectivity index (χ4v) is 6.12. The predicted molar refractivity (Wildman–Crippen MR) is 143 cm³/mol. The lowest BCUT2D eigenvalue weighted by Gasteiger charge is -2.42. The lowest BCUT2D eigenvalue weighted by molar-refractivity contribution is -0.142. The highest BCUT2D eigenvalue weighted by Crippen LogP contribution is 2.49. The zero-order chi connectivity index (χ0) is 27.6. The molecule has 5 N–H and O–H groups in total. The van der Waals surface area contributed by atoms with Crippen molar-refractivity contribution < 1.29 is 29.4 Å². The molecule has 0 aromatic heterocycles. The smallest absolute Gasteiger partial charge is 0.224 e. The van der Waals surface area contributed by atoms with Gasteiger partial charge in [-0.1, -0.05) is 30.3 Å². The number of nitrogens with one attached hydrogen (secondary N) is 1. The molecule has 0 heterocycles. The Morgan fingerprint density at radius 2 is 1.87 bits per heavy atom. The van der Waals surface area contributed by atoms with E-state index >= 15 is 0 Å². The summed E-state index contributed by atoms with van der Waals surface area (Å²) in [6.07, 6.45) is 1.08. The Bertz CT molecular complexity index is 1240. The van der Waals surface area contributed by atoms with Gasteiger partial charge in [0.25, 0.3) is 0 Å². The second kappa shape index (κ2) is 11.3. The first-order valence-electron chi connectivity index (χ1n) is 13.0. The van der Waals surface area contributed by atoms with Crippen LogP contribution in [0.3, 0.4) is 0 Å². The molecular formula is C29H35N3O6. The van der Waals surface area contributed by atoms with E-state index in [0.29, 0.717) is 37.1 Å². The molecule has 202 valence electrons. The van der Waals surface area contributed by atoms with E-state index in [1.54, 1.807) is 0 Å². The number of ketones is 3. The molecule has 9 heteroatoms. The fraction of sp³-hybridized carbons (Fsp3) is 0.448. The number of aliphatic hydroxyl groups is 1.